The highest BCUT2D eigenvalue weighted by Crippen LogP contribution is 2.29. The van der Waals surface area contributed by atoms with Crippen molar-refractivity contribution in [3.8, 4) is 0 Å². The van der Waals surface area contributed by atoms with Gasteiger partial charge in [-0.3, -0.25) is 0 Å². The van der Waals surface area contributed by atoms with Gasteiger partial charge in [-0.2, -0.15) is 0 Å². The molecular weight excluding hydrogens is 182 g/mol. The van der Waals surface area contributed by atoms with Gasteiger partial charge >= 0.3 is 0 Å². The summed E-state index contributed by atoms with van der Waals surface area (Å²) in [6.45, 7) is 8.14. The molecule has 1 heteroatoms. The van der Waals surface area contributed by atoms with Gasteiger partial charge in [-0.25, -0.2) is 0 Å². The molecule has 0 aromatic heterocycles. The standard InChI is InChI=1S/C14H23N/c1-10-4-6-13(7-5-10)14-8-11(2)12(3)9-15-14/h6,8,10-12,15H,4-5,7,9H2,1-3H3/t10-,11-,12+/m0/s1. The number of nitrogens with one attached hydrogen (secondary N) is 1. The smallest absolute Gasteiger partial charge is 0.0331 e. The quantitative estimate of drug-likeness (QED) is 0.691. The van der Waals surface area contributed by atoms with Crippen molar-refractivity contribution in [3.05, 3.63) is 23.4 Å². The van der Waals surface area contributed by atoms with Crippen LogP contribution in [0.3, 0.4) is 0 Å². The van der Waals surface area contributed by atoms with E-state index in [0.29, 0.717) is 0 Å². The van der Waals surface area contributed by atoms with Gasteiger partial charge in [0, 0.05) is 12.2 Å². The summed E-state index contributed by atoms with van der Waals surface area (Å²) >= 11 is 0. The molecule has 84 valence electrons. The molecule has 0 radical (unpaired) electrons. The molecule has 0 aromatic rings. The van der Waals surface area contributed by atoms with E-state index in [9.17, 15) is 0 Å². The van der Waals surface area contributed by atoms with Crippen LogP contribution in [0.25, 0.3) is 0 Å². The van der Waals surface area contributed by atoms with Gasteiger partial charge in [0.25, 0.3) is 0 Å². The normalized spacial score (nSPS) is 36.6. The monoisotopic (exact) mass is 205 g/mol. The average molecular weight is 205 g/mol. The van der Waals surface area contributed by atoms with Crippen LogP contribution in [0.1, 0.15) is 40.0 Å². The molecule has 0 saturated carbocycles. The van der Waals surface area contributed by atoms with Crippen LogP contribution in [0.4, 0.5) is 0 Å². The molecule has 3 atom stereocenters. The first-order valence-electron chi connectivity index (χ1n) is 6.32. The molecule has 1 aliphatic heterocycles. The van der Waals surface area contributed by atoms with Gasteiger partial charge in [-0.1, -0.05) is 32.9 Å². The maximum Gasteiger partial charge on any atom is 0.0331 e. The minimum absolute atomic E-state index is 0.724. The highest BCUT2D eigenvalue weighted by Gasteiger charge is 2.20. The molecule has 1 heterocycles. The lowest BCUT2D eigenvalue weighted by atomic mass is 9.85. The highest BCUT2D eigenvalue weighted by molar-refractivity contribution is 5.32. The summed E-state index contributed by atoms with van der Waals surface area (Å²) in [4.78, 5) is 0. The molecule has 1 nitrogen and oxygen atoms in total. The molecule has 0 unspecified atom stereocenters. The van der Waals surface area contributed by atoms with Crippen LogP contribution in [-0.2, 0) is 0 Å². The predicted octanol–water partition coefficient (Wildman–Crippen LogP) is 3.49. The summed E-state index contributed by atoms with van der Waals surface area (Å²) in [6.07, 6.45) is 8.75. The molecule has 0 fully saturated rings. The molecule has 15 heavy (non-hydrogen) atoms. The Kier molecular flexibility index (Phi) is 3.18. The van der Waals surface area contributed by atoms with E-state index in [2.05, 4.69) is 38.2 Å². The summed E-state index contributed by atoms with van der Waals surface area (Å²) in [5.41, 5.74) is 2.99. The van der Waals surface area contributed by atoms with E-state index >= 15 is 0 Å². The van der Waals surface area contributed by atoms with Gasteiger partial charge in [0.2, 0.25) is 0 Å². The van der Waals surface area contributed by atoms with Crippen molar-refractivity contribution >= 4 is 0 Å². The molecule has 0 saturated heterocycles. The molecular formula is C14H23N. The molecule has 0 bridgehead atoms. The van der Waals surface area contributed by atoms with Crippen LogP contribution in [0.2, 0.25) is 0 Å². The van der Waals surface area contributed by atoms with E-state index in [0.717, 1.165) is 24.3 Å². The lowest BCUT2D eigenvalue weighted by Gasteiger charge is -2.29. The van der Waals surface area contributed by atoms with E-state index in [1.54, 1.807) is 5.57 Å². The zero-order valence-electron chi connectivity index (χ0n) is 10.2. The zero-order chi connectivity index (χ0) is 10.8. The first-order valence-corrected chi connectivity index (χ1v) is 6.32. The Morgan fingerprint density at radius 2 is 2.07 bits per heavy atom. The number of rotatable bonds is 1. The van der Waals surface area contributed by atoms with E-state index in [1.165, 1.54) is 25.0 Å². The van der Waals surface area contributed by atoms with Gasteiger partial charge in [0.05, 0.1) is 0 Å². The second kappa shape index (κ2) is 4.42. The number of hydrogen-bond donors (Lipinski definition) is 1. The van der Waals surface area contributed by atoms with Crippen LogP contribution < -0.4 is 5.32 Å². The van der Waals surface area contributed by atoms with Crippen LogP contribution in [0.15, 0.2) is 23.4 Å². The molecule has 1 aliphatic carbocycles. The van der Waals surface area contributed by atoms with Crippen LogP contribution in [0.5, 0.6) is 0 Å². The van der Waals surface area contributed by atoms with E-state index in [1.807, 2.05) is 0 Å². The summed E-state index contributed by atoms with van der Waals surface area (Å²) in [6, 6.07) is 0. The van der Waals surface area contributed by atoms with E-state index in [-0.39, 0.29) is 0 Å². The average Bonchev–Trinajstić information content (AvgIpc) is 2.23. The largest absolute Gasteiger partial charge is 0.385 e. The fourth-order valence-corrected chi connectivity index (χ4v) is 2.37. The lowest BCUT2D eigenvalue weighted by Crippen LogP contribution is -2.31. The maximum absolute atomic E-state index is 3.58. The zero-order valence-corrected chi connectivity index (χ0v) is 10.2. The minimum Gasteiger partial charge on any atom is -0.385 e. The van der Waals surface area contributed by atoms with Crippen molar-refractivity contribution < 1.29 is 0 Å². The fraction of sp³-hybridized carbons (Fsp3) is 0.714. The van der Waals surface area contributed by atoms with Gasteiger partial charge < -0.3 is 5.32 Å². The Labute approximate surface area is 93.6 Å². The minimum atomic E-state index is 0.724. The summed E-state index contributed by atoms with van der Waals surface area (Å²) in [5.74, 6) is 2.38. The van der Waals surface area contributed by atoms with E-state index in [4.69, 9.17) is 0 Å². The number of hydrogen-bond acceptors (Lipinski definition) is 1. The van der Waals surface area contributed by atoms with Crippen LogP contribution >= 0.6 is 0 Å². The lowest BCUT2D eigenvalue weighted by molar-refractivity contribution is 0.412. The highest BCUT2D eigenvalue weighted by atomic mass is 14.9. The topological polar surface area (TPSA) is 12.0 Å². The summed E-state index contributed by atoms with van der Waals surface area (Å²) in [7, 11) is 0. The van der Waals surface area contributed by atoms with Crippen molar-refractivity contribution in [2.45, 2.75) is 40.0 Å². The van der Waals surface area contributed by atoms with Gasteiger partial charge in [-0.15, -0.1) is 0 Å². The van der Waals surface area contributed by atoms with Crippen molar-refractivity contribution in [2.24, 2.45) is 17.8 Å². The van der Waals surface area contributed by atoms with Gasteiger partial charge in [0.1, 0.15) is 0 Å². The number of allylic oxidation sites excluding steroid dienone is 3. The molecule has 0 spiro atoms. The predicted molar refractivity (Wildman–Crippen MR) is 65.5 cm³/mol. The summed E-state index contributed by atoms with van der Waals surface area (Å²) in [5, 5.41) is 3.58. The van der Waals surface area contributed by atoms with Gasteiger partial charge in [0.15, 0.2) is 0 Å². The van der Waals surface area contributed by atoms with Crippen LogP contribution in [0, 0.1) is 17.8 Å². The molecule has 0 amide bonds. The third kappa shape index (κ3) is 2.45. The second-order valence-corrected chi connectivity index (χ2v) is 5.41. The third-order valence-electron chi connectivity index (χ3n) is 3.96. The molecule has 0 aromatic carbocycles. The van der Waals surface area contributed by atoms with E-state index < -0.39 is 0 Å². The first kappa shape index (κ1) is 10.8. The maximum atomic E-state index is 3.58. The SMILES string of the molecule is C[C@H]1CC=C(C2=C[C@H](C)[C@H](C)CN2)CC1. The third-order valence-corrected chi connectivity index (χ3v) is 3.96. The van der Waals surface area contributed by atoms with Crippen molar-refractivity contribution in [1.82, 2.24) is 5.32 Å². The fourth-order valence-electron chi connectivity index (χ4n) is 2.37. The van der Waals surface area contributed by atoms with Crippen molar-refractivity contribution in [3.63, 3.8) is 0 Å². The second-order valence-electron chi connectivity index (χ2n) is 5.41. The molecule has 2 rings (SSSR count). The Morgan fingerprint density at radius 3 is 2.67 bits per heavy atom. The van der Waals surface area contributed by atoms with Crippen molar-refractivity contribution in [1.29, 1.82) is 0 Å². The molecule has 1 N–H and O–H groups in total. The summed E-state index contributed by atoms with van der Waals surface area (Å²) < 4.78 is 0. The first-order chi connectivity index (χ1) is 7.16. The molecule has 2 aliphatic rings. The Balaban J connectivity index is 2.08. The van der Waals surface area contributed by atoms with Gasteiger partial charge in [-0.05, 0) is 42.6 Å². The van der Waals surface area contributed by atoms with Crippen molar-refractivity contribution in [2.75, 3.05) is 6.54 Å². The Morgan fingerprint density at radius 1 is 1.27 bits per heavy atom. The Bertz CT molecular complexity index is 288. The van der Waals surface area contributed by atoms with Crippen LogP contribution in [-0.4, -0.2) is 6.54 Å². The Hall–Kier alpha value is -0.720.